The minimum absolute atomic E-state index is 0.00504. The first-order chi connectivity index (χ1) is 15.2. The smallest absolute Gasteiger partial charge is 0.263 e. The van der Waals surface area contributed by atoms with Gasteiger partial charge in [-0.3, -0.25) is 9.52 Å². The number of amides is 1. The fourth-order valence-electron chi connectivity index (χ4n) is 2.88. The van der Waals surface area contributed by atoms with Gasteiger partial charge in [-0.2, -0.15) is 0 Å². The Morgan fingerprint density at radius 3 is 2.34 bits per heavy atom. The lowest BCUT2D eigenvalue weighted by atomic mass is 10.1. The highest BCUT2D eigenvalue weighted by molar-refractivity contribution is 9.10. The van der Waals surface area contributed by atoms with Crippen molar-refractivity contribution in [2.45, 2.75) is 18.7 Å². The highest BCUT2D eigenvalue weighted by Gasteiger charge is 2.16. The molecule has 2 N–H and O–H groups in total. The van der Waals surface area contributed by atoms with Crippen molar-refractivity contribution in [1.82, 2.24) is 9.97 Å². The first-order valence-electron chi connectivity index (χ1n) is 9.36. The van der Waals surface area contributed by atoms with E-state index in [4.69, 9.17) is 9.47 Å². The van der Waals surface area contributed by atoms with Crippen molar-refractivity contribution in [2.24, 2.45) is 0 Å². The van der Waals surface area contributed by atoms with E-state index in [9.17, 15) is 13.2 Å². The van der Waals surface area contributed by atoms with E-state index >= 15 is 0 Å². The van der Waals surface area contributed by atoms with Crippen LogP contribution in [0.2, 0.25) is 0 Å². The number of ether oxygens (including phenoxy) is 2. The van der Waals surface area contributed by atoms with Gasteiger partial charge in [0.1, 0.15) is 17.9 Å². The minimum Gasteiger partial charge on any atom is -0.483 e. The number of anilines is 2. The van der Waals surface area contributed by atoms with Crippen molar-refractivity contribution in [1.29, 1.82) is 0 Å². The lowest BCUT2D eigenvalue weighted by molar-refractivity contribution is -0.118. The molecule has 0 atom stereocenters. The quantitative estimate of drug-likeness (QED) is 0.464. The average Bonchev–Trinajstić information content (AvgIpc) is 2.73. The molecule has 1 aromatic heterocycles. The predicted molar refractivity (Wildman–Crippen MR) is 124 cm³/mol. The topological polar surface area (TPSA) is 120 Å². The van der Waals surface area contributed by atoms with E-state index in [-0.39, 0.29) is 29.1 Å². The molecule has 3 rings (SSSR count). The standard InChI is InChI=1S/C21H21BrN4O5S/c1-13-8-15(22)9-14(2)21(13)31-11-19(27)25-16-4-6-17(7-5-16)32(28,29)26-18-10-20(30-3)24-12-23-18/h4-10,12H,11H2,1-3H3,(H,25,27)(H,23,24,26). The summed E-state index contributed by atoms with van der Waals surface area (Å²) in [7, 11) is -2.46. The first-order valence-corrected chi connectivity index (χ1v) is 11.6. The van der Waals surface area contributed by atoms with Gasteiger partial charge in [0.15, 0.2) is 6.61 Å². The molecule has 0 bridgehead atoms. The molecule has 0 radical (unpaired) electrons. The Morgan fingerprint density at radius 1 is 1.06 bits per heavy atom. The summed E-state index contributed by atoms with van der Waals surface area (Å²) in [6.45, 7) is 3.62. The Kier molecular flexibility index (Phi) is 7.31. The number of carbonyl (C=O) groups is 1. The second-order valence-electron chi connectivity index (χ2n) is 6.78. The summed E-state index contributed by atoms with van der Waals surface area (Å²) < 4.78 is 39.0. The van der Waals surface area contributed by atoms with Crippen LogP contribution in [0.5, 0.6) is 11.6 Å². The zero-order valence-electron chi connectivity index (χ0n) is 17.5. The lowest BCUT2D eigenvalue weighted by Crippen LogP contribution is -2.21. The lowest BCUT2D eigenvalue weighted by Gasteiger charge is -2.13. The van der Waals surface area contributed by atoms with Gasteiger partial charge in [0.2, 0.25) is 5.88 Å². The van der Waals surface area contributed by atoms with Gasteiger partial charge < -0.3 is 14.8 Å². The Labute approximate surface area is 194 Å². The largest absolute Gasteiger partial charge is 0.483 e. The highest BCUT2D eigenvalue weighted by atomic mass is 79.9. The second-order valence-corrected chi connectivity index (χ2v) is 9.38. The summed E-state index contributed by atoms with van der Waals surface area (Å²) in [6, 6.07) is 10.9. The molecular weight excluding hydrogens is 500 g/mol. The van der Waals surface area contributed by atoms with E-state index in [1.807, 2.05) is 26.0 Å². The Morgan fingerprint density at radius 2 is 1.72 bits per heavy atom. The maximum Gasteiger partial charge on any atom is 0.263 e. The normalized spacial score (nSPS) is 11.0. The fraction of sp³-hybridized carbons (Fsp3) is 0.190. The van der Waals surface area contributed by atoms with Gasteiger partial charge in [0, 0.05) is 16.2 Å². The fourth-order valence-corrected chi connectivity index (χ4v) is 4.57. The molecule has 32 heavy (non-hydrogen) atoms. The van der Waals surface area contributed by atoms with E-state index in [1.54, 1.807) is 0 Å². The van der Waals surface area contributed by atoms with Crippen LogP contribution in [0.1, 0.15) is 11.1 Å². The molecule has 0 spiro atoms. The van der Waals surface area contributed by atoms with Crippen molar-refractivity contribution < 1.29 is 22.7 Å². The maximum absolute atomic E-state index is 12.6. The third-order valence-corrected chi connectivity index (χ3v) is 6.14. The summed E-state index contributed by atoms with van der Waals surface area (Å²) in [5.41, 5.74) is 2.26. The van der Waals surface area contributed by atoms with Gasteiger partial charge in [-0.1, -0.05) is 15.9 Å². The molecule has 9 nitrogen and oxygen atoms in total. The van der Waals surface area contributed by atoms with Crippen molar-refractivity contribution in [3.63, 3.8) is 0 Å². The number of benzene rings is 2. The zero-order valence-corrected chi connectivity index (χ0v) is 20.0. The number of hydrogen-bond donors (Lipinski definition) is 2. The van der Waals surface area contributed by atoms with Gasteiger partial charge in [0.25, 0.3) is 15.9 Å². The molecule has 0 unspecified atom stereocenters. The Hall–Kier alpha value is -3.18. The van der Waals surface area contributed by atoms with E-state index < -0.39 is 10.0 Å². The zero-order chi connectivity index (χ0) is 23.3. The molecule has 168 valence electrons. The van der Waals surface area contributed by atoms with Crippen LogP contribution in [0.15, 0.2) is 58.2 Å². The number of nitrogens with zero attached hydrogens (tertiary/aromatic N) is 2. The van der Waals surface area contributed by atoms with E-state index in [0.29, 0.717) is 11.4 Å². The number of aryl methyl sites for hydroxylation is 2. The molecule has 0 saturated heterocycles. The van der Waals surface area contributed by atoms with Gasteiger partial charge >= 0.3 is 0 Å². The van der Waals surface area contributed by atoms with Gasteiger partial charge in [-0.15, -0.1) is 0 Å². The molecular formula is C21H21BrN4O5S. The molecule has 2 aromatic carbocycles. The van der Waals surface area contributed by atoms with Crippen molar-refractivity contribution in [3.05, 3.63) is 64.4 Å². The highest BCUT2D eigenvalue weighted by Crippen LogP contribution is 2.27. The summed E-state index contributed by atoms with van der Waals surface area (Å²) in [5.74, 6) is 0.585. The molecule has 1 heterocycles. The maximum atomic E-state index is 12.6. The number of aromatic nitrogens is 2. The second kappa shape index (κ2) is 9.96. The number of methoxy groups -OCH3 is 1. The van der Waals surface area contributed by atoms with Crippen LogP contribution in [-0.2, 0) is 14.8 Å². The number of sulfonamides is 1. The van der Waals surface area contributed by atoms with Crippen LogP contribution in [0, 0.1) is 13.8 Å². The van der Waals surface area contributed by atoms with Crippen molar-refractivity contribution >= 4 is 43.4 Å². The number of rotatable bonds is 8. The number of halogens is 1. The van der Waals surface area contributed by atoms with Crippen LogP contribution >= 0.6 is 15.9 Å². The summed E-state index contributed by atoms with van der Waals surface area (Å²) in [6.07, 6.45) is 1.19. The number of hydrogen-bond acceptors (Lipinski definition) is 7. The molecule has 0 aliphatic heterocycles. The monoisotopic (exact) mass is 520 g/mol. The number of nitrogens with one attached hydrogen (secondary N) is 2. The predicted octanol–water partition coefficient (Wildman–Crippen LogP) is 3.68. The Bertz CT molecular complexity index is 1210. The van der Waals surface area contributed by atoms with Crippen LogP contribution in [-0.4, -0.2) is 38.0 Å². The number of carbonyl (C=O) groups excluding carboxylic acids is 1. The van der Waals surface area contributed by atoms with E-state index in [0.717, 1.165) is 15.6 Å². The third kappa shape index (κ3) is 5.95. The summed E-state index contributed by atoms with van der Waals surface area (Å²) in [4.78, 5) is 20.0. The SMILES string of the molecule is COc1cc(NS(=O)(=O)c2ccc(NC(=O)COc3c(C)cc(Br)cc3C)cc2)ncn1. The van der Waals surface area contributed by atoms with E-state index in [2.05, 4.69) is 35.9 Å². The van der Waals surface area contributed by atoms with Crippen LogP contribution in [0.3, 0.4) is 0 Å². The van der Waals surface area contributed by atoms with Crippen LogP contribution in [0.25, 0.3) is 0 Å². The van der Waals surface area contributed by atoms with E-state index in [1.165, 1.54) is 43.8 Å². The Balaban J connectivity index is 1.62. The molecule has 0 saturated carbocycles. The first kappa shape index (κ1) is 23.5. The van der Waals surface area contributed by atoms with Gasteiger partial charge in [-0.25, -0.2) is 18.4 Å². The molecule has 11 heteroatoms. The van der Waals surface area contributed by atoms with Crippen molar-refractivity contribution in [3.8, 4) is 11.6 Å². The van der Waals surface area contributed by atoms with Crippen LogP contribution in [0.4, 0.5) is 11.5 Å². The molecule has 0 aliphatic rings. The molecule has 0 aliphatic carbocycles. The van der Waals surface area contributed by atoms with Gasteiger partial charge in [-0.05, 0) is 61.4 Å². The van der Waals surface area contributed by atoms with Crippen molar-refractivity contribution in [2.75, 3.05) is 23.8 Å². The minimum atomic E-state index is -3.88. The molecule has 0 fully saturated rings. The summed E-state index contributed by atoms with van der Waals surface area (Å²) >= 11 is 3.42. The van der Waals surface area contributed by atoms with Crippen LogP contribution < -0.4 is 19.5 Å². The summed E-state index contributed by atoms with van der Waals surface area (Å²) in [5, 5.41) is 2.68. The van der Waals surface area contributed by atoms with Gasteiger partial charge in [0.05, 0.1) is 12.0 Å². The average molecular weight is 521 g/mol. The molecule has 3 aromatic rings. The third-order valence-electron chi connectivity index (χ3n) is 4.31. The molecule has 1 amide bonds.